The van der Waals surface area contributed by atoms with Crippen molar-refractivity contribution in [2.24, 2.45) is 0 Å². The SMILES string of the molecule is [CH2]C(O)CNC1CCCC1. The minimum Gasteiger partial charge on any atom is -0.392 e. The van der Waals surface area contributed by atoms with Crippen molar-refractivity contribution in [3.05, 3.63) is 6.92 Å². The molecule has 1 rings (SSSR count). The smallest absolute Gasteiger partial charge is 0.0665 e. The molecule has 0 aromatic rings. The van der Waals surface area contributed by atoms with Crippen LogP contribution in [0.4, 0.5) is 0 Å². The van der Waals surface area contributed by atoms with E-state index < -0.39 is 6.10 Å². The van der Waals surface area contributed by atoms with Crippen LogP contribution in [0.5, 0.6) is 0 Å². The fourth-order valence-corrected chi connectivity index (χ4v) is 1.43. The van der Waals surface area contributed by atoms with Crippen LogP contribution in [0.3, 0.4) is 0 Å². The van der Waals surface area contributed by atoms with Gasteiger partial charge in [0.15, 0.2) is 0 Å². The Labute approximate surface area is 62.6 Å². The molecule has 10 heavy (non-hydrogen) atoms. The Balaban J connectivity index is 2.01. The minimum absolute atomic E-state index is 0.444. The van der Waals surface area contributed by atoms with Crippen LogP contribution < -0.4 is 5.32 Å². The molecule has 1 aliphatic carbocycles. The maximum atomic E-state index is 8.84. The van der Waals surface area contributed by atoms with E-state index in [4.69, 9.17) is 5.11 Å². The van der Waals surface area contributed by atoms with Gasteiger partial charge in [0, 0.05) is 12.6 Å². The summed E-state index contributed by atoms with van der Waals surface area (Å²) in [6.07, 6.45) is 4.77. The van der Waals surface area contributed by atoms with Crippen molar-refractivity contribution in [2.75, 3.05) is 6.54 Å². The van der Waals surface area contributed by atoms with Gasteiger partial charge in [0.1, 0.15) is 0 Å². The molecule has 1 aliphatic rings. The zero-order valence-corrected chi connectivity index (χ0v) is 6.34. The minimum atomic E-state index is -0.444. The lowest BCUT2D eigenvalue weighted by molar-refractivity contribution is 0.210. The van der Waals surface area contributed by atoms with Gasteiger partial charge in [-0.2, -0.15) is 0 Å². The summed E-state index contributed by atoms with van der Waals surface area (Å²) in [5, 5.41) is 12.1. The third kappa shape index (κ3) is 2.67. The van der Waals surface area contributed by atoms with Crippen LogP contribution in [0.1, 0.15) is 25.7 Å². The fourth-order valence-electron chi connectivity index (χ4n) is 1.43. The van der Waals surface area contributed by atoms with E-state index in [1.807, 2.05) is 0 Å². The lowest BCUT2D eigenvalue weighted by Gasteiger charge is -2.12. The van der Waals surface area contributed by atoms with Gasteiger partial charge in [-0.3, -0.25) is 0 Å². The van der Waals surface area contributed by atoms with Gasteiger partial charge < -0.3 is 10.4 Å². The molecular weight excluding hydrogens is 126 g/mol. The molecule has 1 atom stereocenters. The van der Waals surface area contributed by atoms with Crippen LogP contribution >= 0.6 is 0 Å². The molecule has 0 aromatic heterocycles. The first-order chi connectivity index (χ1) is 4.79. The van der Waals surface area contributed by atoms with Crippen molar-refractivity contribution in [1.82, 2.24) is 5.32 Å². The van der Waals surface area contributed by atoms with Crippen molar-refractivity contribution >= 4 is 0 Å². The van der Waals surface area contributed by atoms with Gasteiger partial charge in [-0.25, -0.2) is 0 Å². The maximum Gasteiger partial charge on any atom is 0.0665 e. The lowest BCUT2D eigenvalue weighted by Crippen LogP contribution is -2.32. The van der Waals surface area contributed by atoms with E-state index in [0.717, 1.165) is 0 Å². The normalized spacial score (nSPS) is 23.4. The molecule has 1 saturated carbocycles. The van der Waals surface area contributed by atoms with E-state index in [0.29, 0.717) is 12.6 Å². The largest absolute Gasteiger partial charge is 0.392 e. The standard InChI is InChI=1S/C8H16NO/c1-7(10)6-9-8-4-2-3-5-8/h7-10H,1-6H2. The molecule has 0 spiro atoms. The Hall–Kier alpha value is -0.0800. The quantitative estimate of drug-likeness (QED) is 0.608. The highest BCUT2D eigenvalue weighted by Crippen LogP contribution is 2.17. The van der Waals surface area contributed by atoms with Crippen molar-refractivity contribution in [3.63, 3.8) is 0 Å². The first-order valence-electron chi connectivity index (χ1n) is 4.03. The van der Waals surface area contributed by atoms with Gasteiger partial charge >= 0.3 is 0 Å². The van der Waals surface area contributed by atoms with Gasteiger partial charge in [0.25, 0.3) is 0 Å². The number of hydrogen-bond donors (Lipinski definition) is 2. The third-order valence-corrected chi connectivity index (χ3v) is 2.00. The van der Waals surface area contributed by atoms with E-state index in [1.54, 1.807) is 0 Å². The van der Waals surface area contributed by atoms with E-state index in [9.17, 15) is 0 Å². The summed E-state index contributed by atoms with van der Waals surface area (Å²) in [6, 6.07) is 0.649. The molecular formula is C8H16NO. The Morgan fingerprint density at radius 1 is 1.50 bits per heavy atom. The molecule has 1 fully saturated rings. The van der Waals surface area contributed by atoms with E-state index >= 15 is 0 Å². The number of aliphatic hydroxyl groups excluding tert-OH is 1. The Morgan fingerprint density at radius 3 is 2.60 bits per heavy atom. The summed E-state index contributed by atoms with van der Waals surface area (Å²) in [6.45, 7) is 4.14. The van der Waals surface area contributed by atoms with Gasteiger partial charge in [0.05, 0.1) is 6.10 Å². The fraction of sp³-hybridized carbons (Fsp3) is 0.875. The Kier molecular flexibility index (Phi) is 3.16. The highest BCUT2D eigenvalue weighted by atomic mass is 16.3. The van der Waals surface area contributed by atoms with Gasteiger partial charge in [-0.05, 0) is 19.8 Å². The average molecular weight is 142 g/mol. The summed E-state index contributed by atoms with van der Waals surface area (Å²) in [4.78, 5) is 0. The molecule has 1 radical (unpaired) electrons. The number of aliphatic hydroxyl groups is 1. The van der Waals surface area contributed by atoms with Crippen molar-refractivity contribution in [3.8, 4) is 0 Å². The highest BCUT2D eigenvalue weighted by Gasteiger charge is 2.13. The van der Waals surface area contributed by atoms with Crippen LogP contribution in [0.15, 0.2) is 0 Å². The number of rotatable bonds is 3. The molecule has 0 saturated heterocycles. The molecule has 0 aromatic carbocycles. The molecule has 2 N–H and O–H groups in total. The van der Waals surface area contributed by atoms with Crippen LogP contribution in [0.25, 0.3) is 0 Å². The van der Waals surface area contributed by atoms with Crippen molar-refractivity contribution in [1.29, 1.82) is 0 Å². The summed E-state index contributed by atoms with van der Waals surface area (Å²) in [5.74, 6) is 0. The predicted octanol–water partition coefficient (Wildman–Crippen LogP) is 0.714. The second-order valence-electron chi connectivity index (χ2n) is 3.04. The van der Waals surface area contributed by atoms with Crippen molar-refractivity contribution in [2.45, 2.75) is 37.8 Å². The van der Waals surface area contributed by atoms with Crippen LogP contribution in [0, 0.1) is 6.92 Å². The summed E-state index contributed by atoms with van der Waals surface area (Å²) in [5.41, 5.74) is 0. The molecule has 59 valence electrons. The zero-order valence-electron chi connectivity index (χ0n) is 6.34. The second kappa shape index (κ2) is 3.94. The zero-order chi connectivity index (χ0) is 7.40. The topological polar surface area (TPSA) is 32.3 Å². The van der Waals surface area contributed by atoms with Gasteiger partial charge in [-0.1, -0.05) is 12.8 Å². The third-order valence-electron chi connectivity index (χ3n) is 2.00. The summed E-state index contributed by atoms with van der Waals surface area (Å²) in [7, 11) is 0. The van der Waals surface area contributed by atoms with Crippen LogP contribution in [0.2, 0.25) is 0 Å². The van der Waals surface area contributed by atoms with E-state index in [1.165, 1.54) is 25.7 Å². The summed E-state index contributed by atoms with van der Waals surface area (Å²) >= 11 is 0. The lowest BCUT2D eigenvalue weighted by atomic mass is 10.2. The van der Waals surface area contributed by atoms with Gasteiger partial charge in [0.2, 0.25) is 0 Å². The molecule has 2 heteroatoms. The summed E-state index contributed by atoms with van der Waals surface area (Å²) < 4.78 is 0. The Morgan fingerprint density at radius 2 is 2.10 bits per heavy atom. The van der Waals surface area contributed by atoms with Crippen LogP contribution in [-0.4, -0.2) is 23.8 Å². The van der Waals surface area contributed by atoms with Gasteiger partial charge in [-0.15, -0.1) is 0 Å². The van der Waals surface area contributed by atoms with Crippen LogP contribution in [-0.2, 0) is 0 Å². The van der Waals surface area contributed by atoms with E-state index in [-0.39, 0.29) is 0 Å². The first-order valence-corrected chi connectivity index (χ1v) is 4.03. The molecule has 2 nitrogen and oxygen atoms in total. The molecule has 0 bridgehead atoms. The average Bonchev–Trinajstić information content (AvgIpc) is 2.34. The predicted molar refractivity (Wildman–Crippen MR) is 41.6 cm³/mol. The number of hydrogen-bond acceptors (Lipinski definition) is 2. The second-order valence-corrected chi connectivity index (χ2v) is 3.04. The van der Waals surface area contributed by atoms with Crippen molar-refractivity contribution < 1.29 is 5.11 Å². The van der Waals surface area contributed by atoms with E-state index in [2.05, 4.69) is 12.2 Å². The molecule has 1 unspecified atom stereocenters. The Bertz CT molecular complexity index is 87.3. The molecule has 0 heterocycles. The number of nitrogens with one attached hydrogen (secondary N) is 1. The highest BCUT2D eigenvalue weighted by molar-refractivity contribution is 4.75. The molecule has 0 aliphatic heterocycles. The maximum absolute atomic E-state index is 8.84. The monoisotopic (exact) mass is 142 g/mol. The molecule has 0 amide bonds. The first kappa shape index (κ1) is 8.02.